The number of benzene rings is 2. The predicted octanol–water partition coefficient (Wildman–Crippen LogP) is 5.97. The van der Waals surface area contributed by atoms with Crippen LogP contribution in [0.2, 0.25) is 0 Å². The second kappa shape index (κ2) is 8.47. The summed E-state index contributed by atoms with van der Waals surface area (Å²) in [6, 6.07) is 16.3. The summed E-state index contributed by atoms with van der Waals surface area (Å²) in [5.74, 6) is 0.133. The first-order valence-corrected chi connectivity index (χ1v) is 10.2. The Hall–Kier alpha value is -1.49. The maximum absolute atomic E-state index is 13.1. The number of nitrogens with zero attached hydrogens (tertiary/aromatic N) is 1. The lowest BCUT2D eigenvalue weighted by Crippen LogP contribution is -2.41. The molecule has 0 bridgehead atoms. The van der Waals surface area contributed by atoms with Gasteiger partial charge in [-0.1, -0.05) is 68.3 Å². The van der Waals surface area contributed by atoms with Gasteiger partial charge < -0.3 is 0 Å². The summed E-state index contributed by atoms with van der Waals surface area (Å²) in [7, 11) is 0. The van der Waals surface area contributed by atoms with Gasteiger partial charge >= 0.3 is 0 Å². The molecule has 134 valence electrons. The van der Waals surface area contributed by atoms with Crippen LogP contribution in [0.1, 0.15) is 25.0 Å². The van der Waals surface area contributed by atoms with Crippen molar-refractivity contribution in [2.24, 2.45) is 0 Å². The van der Waals surface area contributed by atoms with Crippen molar-refractivity contribution in [1.82, 2.24) is 4.90 Å². The van der Waals surface area contributed by atoms with Crippen LogP contribution in [0.15, 0.2) is 68.6 Å². The molecule has 0 radical (unpaired) electrons. The number of hydrogen-bond donors (Lipinski definition) is 0. The number of carbonyl (C=O) groups excluding carboxylic acids is 1. The number of carbonyl (C=O) groups is 1. The molecule has 0 N–H and O–H groups in total. The molecule has 1 saturated heterocycles. The van der Waals surface area contributed by atoms with E-state index >= 15 is 0 Å². The van der Waals surface area contributed by atoms with Crippen molar-refractivity contribution in [3.63, 3.8) is 0 Å². The van der Waals surface area contributed by atoms with Gasteiger partial charge in [0.1, 0.15) is 0 Å². The standard InChI is InChI=1S/C22H21Br2NO/c1-15(2)25-13-18(11-16-7-3-5-9-20(16)23)22(26)19(14-25)12-17-8-4-6-10-21(17)24/h3-12,15H,13-14H2,1-2H3/b18-11-,19-12+. The van der Waals surface area contributed by atoms with Crippen LogP contribution in [0.3, 0.4) is 0 Å². The lowest BCUT2D eigenvalue weighted by atomic mass is 9.93. The molecule has 26 heavy (non-hydrogen) atoms. The van der Waals surface area contributed by atoms with E-state index in [-0.39, 0.29) is 5.78 Å². The molecule has 1 aliphatic rings. The summed E-state index contributed by atoms with van der Waals surface area (Å²) >= 11 is 7.15. The third kappa shape index (κ3) is 4.43. The Morgan fingerprint density at radius 3 is 1.65 bits per heavy atom. The van der Waals surface area contributed by atoms with E-state index in [1.165, 1.54) is 0 Å². The molecule has 0 saturated carbocycles. The first kappa shape index (κ1) is 19.3. The third-order valence-corrected chi connectivity index (χ3v) is 5.97. The number of halogens is 2. The average molecular weight is 475 g/mol. The molecular weight excluding hydrogens is 454 g/mol. The van der Waals surface area contributed by atoms with Crippen molar-refractivity contribution in [2.75, 3.05) is 13.1 Å². The van der Waals surface area contributed by atoms with Gasteiger partial charge in [0.15, 0.2) is 5.78 Å². The Kier molecular flexibility index (Phi) is 6.28. The van der Waals surface area contributed by atoms with Crippen LogP contribution in [0.4, 0.5) is 0 Å². The van der Waals surface area contributed by atoms with Crippen LogP contribution in [-0.2, 0) is 4.79 Å². The zero-order valence-corrected chi connectivity index (χ0v) is 18.0. The normalized spacial score (nSPS) is 18.9. The van der Waals surface area contributed by atoms with Gasteiger partial charge in [-0.15, -0.1) is 0 Å². The molecule has 0 aromatic heterocycles. The van der Waals surface area contributed by atoms with Crippen LogP contribution >= 0.6 is 31.9 Å². The molecule has 0 aliphatic carbocycles. The molecule has 1 fully saturated rings. The predicted molar refractivity (Wildman–Crippen MR) is 116 cm³/mol. The second-order valence-electron chi connectivity index (χ2n) is 6.71. The Morgan fingerprint density at radius 2 is 1.27 bits per heavy atom. The Labute approximate surface area is 171 Å². The second-order valence-corrected chi connectivity index (χ2v) is 8.42. The highest BCUT2D eigenvalue weighted by atomic mass is 79.9. The van der Waals surface area contributed by atoms with Crippen molar-refractivity contribution < 1.29 is 4.79 Å². The van der Waals surface area contributed by atoms with Crippen molar-refractivity contribution in [3.05, 3.63) is 79.7 Å². The van der Waals surface area contributed by atoms with E-state index in [9.17, 15) is 4.79 Å². The summed E-state index contributed by atoms with van der Waals surface area (Å²) in [6.45, 7) is 5.68. The highest BCUT2D eigenvalue weighted by Crippen LogP contribution is 2.27. The summed E-state index contributed by atoms with van der Waals surface area (Å²) < 4.78 is 2.00. The fraction of sp³-hybridized carbons (Fsp3) is 0.227. The first-order valence-electron chi connectivity index (χ1n) is 8.64. The summed E-state index contributed by atoms with van der Waals surface area (Å²) in [4.78, 5) is 15.5. The molecule has 0 amide bonds. The van der Waals surface area contributed by atoms with E-state index in [1.54, 1.807) is 0 Å². The number of likely N-dealkylation sites (tertiary alicyclic amines) is 1. The molecule has 2 aromatic carbocycles. The number of piperidine rings is 1. The highest BCUT2D eigenvalue weighted by molar-refractivity contribution is 9.10. The number of Topliss-reactive ketones (excluding diaryl/α,β-unsaturated/α-hetero) is 1. The van der Waals surface area contributed by atoms with Crippen LogP contribution in [-0.4, -0.2) is 29.8 Å². The van der Waals surface area contributed by atoms with Crippen LogP contribution in [0, 0.1) is 0 Å². The van der Waals surface area contributed by atoms with Crippen LogP contribution in [0.25, 0.3) is 12.2 Å². The fourth-order valence-electron chi connectivity index (χ4n) is 2.99. The van der Waals surface area contributed by atoms with E-state index in [0.717, 1.165) is 31.2 Å². The van der Waals surface area contributed by atoms with Gasteiger partial charge in [0.25, 0.3) is 0 Å². The molecule has 4 heteroatoms. The molecule has 2 nitrogen and oxygen atoms in total. The highest BCUT2D eigenvalue weighted by Gasteiger charge is 2.27. The minimum absolute atomic E-state index is 0.133. The molecule has 3 rings (SSSR count). The van der Waals surface area contributed by atoms with Gasteiger partial charge in [-0.05, 0) is 49.3 Å². The van der Waals surface area contributed by atoms with Crippen molar-refractivity contribution in [3.8, 4) is 0 Å². The Bertz CT molecular complexity index is 816. The van der Waals surface area contributed by atoms with E-state index < -0.39 is 0 Å². The first-order chi connectivity index (χ1) is 12.5. The number of hydrogen-bond acceptors (Lipinski definition) is 2. The van der Waals surface area contributed by atoms with Gasteiger partial charge in [-0.25, -0.2) is 0 Å². The molecule has 0 atom stereocenters. The maximum atomic E-state index is 13.1. The SMILES string of the molecule is CC(C)N1C/C(=C/c2ccccc2Br)C(=O)/C(=C/c2ccccc2Br)C1. The van der Waals surface area contributed by atoms with E-state index in [0.29, 0.717) is 19.1 Å². The van der Waals surface area contributed by atoms with Crippen molar-refractivity contribution >= 4 is 49.8 Å². The average Bonchev–Trinajstić information content (AvgIpc) is 2.61. The maximum Gasteiger partial charge on any atom is 0.187 e. The van der Waals surface area contributed by atoms with Crippen molar-refractivity contribution in [2.45, 2.75) is 19.9 Å². The molecule has 1 heterocycles. The van der Waals surface area contributed by atoms with Gasteiger partial charge in [-0.3, -0.25) is 9.69 Å². The van der Waals surface area contributed by atoms with E-state index in [4.69, 9.17) is 0 Å². The lowest BCUT2D eigenvalue weighted by Gasteiger charge is -2.33. The van der Waals surface area contributed by atoms with Crippen LogP contribution < -0.4 is 0 Å². The fourth-order valence-corrected chi connectivity index (χ4v) is 3.79. The minimum Gasteiger partial charge on any atom is -0.292 e. The Morgan fingerprint density at radius 1 is 0.846 bits per heavy atom. The topological polar surface area (TPSA) is 20.3 Å². The van der Waals surface area contributed by atoms with E-state index in [1.807, 2.05) is 60.7 Å². The van der Waals surface area contributed by atoms with E-state index in [2.05, 4.69) is 50.6 Å². The lowest BCUT2D eigenvalue weighted by molar-refractivity contribution is -0.113. The zero-order chi connectivity index (χ0) is 18.7. The molecule has 2 aromatic rings. The van der Waals surface area contributed by atoms with Gasteiger partial charge in [0, 0.05) is 39.2 Å². The zero-order valence-electron chi connectivity index (χ0n) is 14.9. The summed E-state index contributed by atoms with van der Waals surface area (Å²) in [5, 5.41) is 0. The van der Waals surface area contributed by atoms with Crippen molar-refractivity contribution in [1.29, 1.82) is 0 Å². The molecule has 0 unspecified atom stereocenters. The molecule has 0 spiro atoms. The third-order valence-electron chi connectivity index (χ3n) is 4.53. The molecular formula is C22H21Br2NO. The van der Waals surface area contributed by atoms with Gasteiger partial charge in [0.05, 0.1) is 0 Å². The monoisotopic (exact) mass is 473 g/mol. The van der Waals surface area contributed by atoms with Gasteiger partial charge in [0.2, 0.25) is 0 Å². The molecule has 1 aliphatic heterocycles. The number of rotatable bonds is 3. The Balaban J connectivity index is 2.02. The quantitative estimate of drug-likeness (QED) is 0.510. The largest absolute Gasteiger partial charge is 0.292 e. The minimum atomic E-state index is 0.133. The number of ketones is 1. The summed E-state index contributed by atoms with van der Waals surface area (Å²) in [6.07, 6.45) is 4.02. The van der Waals surface area contributed by atoms with Gasteiger partial charge in [-0.2, -0.15) is 0 Å². The smallest absolute Gasteiger partial charge is 0.187 e. The van der Waals surface area contributed by atoms with Crippen LogP contribution in [0.5, 0.6) is 0 Å². The summed E-state index contributed by atoms with van der Waals surface area (Å²) in [5.41, 5.74) is 3.72.